The van der Waals surface area contributed by atoms with E-state index in [2.05, 4.69) is 10.1 Å². The van der Waals surface area contributed by atoms with Crippen LogP contribution in [0.4, 0.5) is 0 Å². The average molecular weight is 341 g/mol. The van der Waals surface area contributed by atoms with Crippen molar-refractivity contribution in [3.05, 3.63) is 29.8 Å². The lowest BCUT2D eigenvalue weighted by Gasteiger charge is -2.38. The van der Waals surface area contributed by atoms with Crippen molar-refractivity contribution in [3.63, 3.8) is 0 Å². The molecule has 2 aromatic rings. The molecule has 134 valence electrons. The van der Waals surface area contributed by atoms with Crippen LogP contribution in [0.1, 0.15) is 57.6 Å². The molecular weight excluding hydrogens is 314 g/mol. The number of hydrogen-bond donors (Lipinski definition) is 0. The van der Waals surface area contributed by atoms with Gasteiger partial charge in [0, 0.05) is 30.9 Å². The highest BCUT2D eigenvalue weighted by atomic mass is 16.2. The number of aryl methyl sites for hydroxylation is 2. The van der Waals surface area contributed by atoms with E-state index in [1.54, 1.807) is 6.20 Å². The summed E-state index contributed by atoms with van der Waals surface area (Å²) in [4.78, 5) is 24.4. The van der Waals surface area contributed by atoms with E-state index < -0.39 is 5.41 Å². The van der Waals surface area contributed by atoms with E-state index in [0.717, 1.165) is 48.7 Å². The summed E-state index contributed by atoms with van der Waals surface area (Å²) in [5.74, 6) is 0.915. The Morgan fingerprint density at radius 3 is 2.64 bits per heavy atom. The first-order chi connectivity index (χ1) is 11.8. The minimum atomic E-state index is -0.399. The first kappa shape index (κ1) is 17.6. The highest BCUT2D eigenvalue weighted by molar-refractivity contribution is 5.82. The molecule has 2 aromatic heterocycles. The number of carbonyl (C=O) groups is 1. The summed E-state index contributed by atoms with van der Waals surface area (Å²) in [5, 5.41) is 4.23. The number of aromatic nitrogens is 4. The van der Waals surface area contributed by atoms with E-state index in [4.69, 9.17) is 4.98 Å². The first-order valence-corrected chi connectivity index (χ1v) is 8.92. The van der Waals surface area contributed by atoms with Crippen LogP contribution in [0.2, 0.25) is 0 Å². The van der Waals surface area contributed by atoms with Crippen molar-refractivity contribution >= 4 is 5.91 Å². The zero-order valence-electron chi connectivity index (χ0n) is 15.8. The maximum absolute atomic E-state index is 12.9. The lowest BCUT2D eigenvalue weighted by molar-refractivity contribution is -0.143. The van der Waals surface area contributed by atoms with Gasteiger partial charge in [0.25, 0.3) is 0 Å². The Hall–Kier alpha value is -2.24. The monoisotopic (exact) mass is 341 g/mol. The van der Waals surface area contributed by atoms with Crippen LogP contribution in [0.5, 0.6) is 0 Å². The fourth-order valence-electron chi connectivity index (χ4n) is 3.37. The van der Waals surface area contributed by atoms with E-state index in [9.17, 15) is 4.79 Å². The summed E-state index contributed by atoms with van der Waals surface area (Å²) < 4.78 is 1.81. The van der Waals surface area contributed by atoms with Crippen LogP contribution in [0, 0.1) is 12.3 Å². The lowest BCUT2D eigenvalue weighted by Crippen LogP contribution is -2.44. The Morgan fingerprint density at radius 1 is 1.24 bits per heavy atom. The molecular formula is C19H27N5O. The zero-order valence-corrected chi connectivity index (χ0v) is 15.8. The summed E-state index contributed by atoms with van der Waals surface area (Å²) in [6.45, 7) is 8.67. The maximum Gasteiger partial charge on any atom is 0.228 e. The number of carbonyl (C=O) groups excluding carboxylic acids is 1. The standard InChI is InChI=1S/C19H27N5O/c1-13-12-14(15-9-10-20-23(15)5)22-17(21-13)16-8-6-7-11-24(16)18(25)19(2,3)4/h9-10,12,16H,6-8,11H2,1-5H3/t16-/m0/s1. The van der Waals surface area contributed by atoms with E-state index in [1.165, 1.54) is 0 Å². The average Bonchev–Trinajstić information content (AvgIpc) is 2.99. The van der Waals surface area contributed by atoms with Crippen LogP contribution in [0.3, 0.4) is 0 Å². The van der Waals surface area contributed by atoms with Gasteiger partial charge < -0.3 is 4.90 Å². The molecule has 6 nitrogen and oxygen atoms in total. The van der Waals surface area contributed by atoms with Gasteiger partial charge in [-0.2, -0.15) is 5.10 Å². The molecule has 0 saturated carbocycles. The molecule has 0 unspecified atom stereocenters. The number of nitrogens with zero attached hydrogens (tertiary/aromatic N) is 5. The van der Waals surface area contributed by atoms with Crippen LogP contribution < -0.4 is 0 Å². The predicted molar refractivity (Wildman–Crippen MR) is 96.7 cm³/mol. The third kappa shape index (κ3) is 3.57. The Labute approximate surface area is 149 Å². The molecule has 0 aliphatic carbocycles. The van der Waals surface area contributed by atoms with E-state index >= 15 is 0 Å². The van der Waals surface area contributed by atoms with Gasteiger partial charge in [0.2, 0.25) is 5.91 Å². The maximum atomic E-state index is 12.9. The summed E-state index contributed by atoms with van der Waals surface area (Å²) >= 11 is 0. The van der Waals surface area contributed by atoms with Crippen LogP contribution in [-0.4, -0.2) is 37.1 Å². The van der Waals surface area contributed by atoms with Gasteiger partial charge in [-0.1, -0.05) is 20.8 Å². The minimum Gasteiger partial charge on any atom is -0.332 e. The molecule has 0 bridgehead atoms. The predicted octanol–water partition coefficient (Wildman–Crippen LogP) is 3.29. The molecule has 3 heterocycles. The fourth-order valence-corrected chi connectivity index (χ4v) is 3.37. The van der Waals surface area contributed by atoms with Crippen molar-refractivity contribution in [2.45, 2.75) is 53.0 Å². The molecule has 1 aliphatic rings. The highest BCUT2D eigenvalue weighted by Crippen LogP contribution is 2.33. The molecule has 0 radical (unpaired) electrons. The van der Waals surface area contributed by atoms with Crippen LogP contribution in [0.25, 0.3) is 11.4 Å². The van der Waals surface area contributed by atoms with Crippen molar-refractivity contribution < 1.29 is 4.79 Å². The Bertz CT molecular complexity index is 774. The molecule has 1 aliphatic heterocycles. The highest BCUT2D eigenvalue weighted by Gasteiger charge is 2.35. The van der Waals surface area contributed by atoms with Crippen molar-refractivity contribution in [2.75, 3.05) is 6.54 Å². The summed E-state index contributed by atoms with van der Waals surface area (Å²) in [6.07, 6.45) is 4.81. The van der Waals surface area contributed by atoms with Crippen molar-refractivity contribution in [1.82, 2.24) is 24.6 Å². The molecule has 0 N–H and O–H groups in total. The van der Waals surface area contributed by atoms with E-state index in [-0.39, 0.29) is 11.9 Å². The van der Waals surface area contributed by atoms with E-state index in [0.29, 0.717) is 0 Å². The number of likely N-dealkylation sites (tertiary alicyclic amines) is 1. The Balaban J connectivity index is 2.00. The normalized spacial score (nSPS) is 18.4. The number of hydrogen-bond acceptors (Lipinski definition) is 4. The van der Waals surface area contributed by atoms with Crippen LogP contribution in [-0.2, 0) is 11.8 Å². The zero-order chi connectivity index (χ0) is 18.2. The minimum absolute atomic E-state index is 0.0487. The molecule has 3 rings (SSSR count). The van der Waals surface area contributed by atoms with Crippen molar-refractivity contribution in [3.8, 4) is 11.4 Å². The summed E-state index contributed by atoms with van der Waals surface area (Å²) in [6, 6.07) is 3.87. The lowest BCUT2D eigenvalue weighted by atomic mass is 9.91. The van der Waals surface area contributed by atoms with Gasteiger partial charge in [-0.05, 0) is 38.3 Å². The van der Waals surface area contributed by atoms with Gasteiger partial charge >= 0.3 is 0 Å². The Kier molecular flexibility index (Phi) is 4.62. The Morgan fingerprint density at radius 2 is 2.00 bits per heavy atom. The second-order valence-electron chi connectivity index (χ2n) is 7.85. The van der Waals surface area contributed by atoms with Gasteiger partial charge in [-0.3, -0.25) is 9.48 Å². The first-order valence-electron chi connectivity index (χ1n) is 8.92. The molecule has 0 spiro atoms. The van der Waals surface area contributed by atoms with E-state index in [1.807, 2.05) is 56.5 Å². The van der Waals surface area contributed by atoms with Gasteiger partial charge in [0.05, 0.1) is 17.4 Å². The third-order valence-corrected chi connectivity index (χ3v) is 4.66. The number of rotatable bonds is 2. The fraction of sp³-hybridized carbons (Fsp3) is 0.579. The second-order valence-corrected chi connectivity index (χ2v) is 7.85. The molecule has 1 amide bonds. The summed E-state index contributed by atoms with van der Waals surface area (Å²) in [5.41, 5.74) is 2.33. The van der Waals surface area contributed by atoms with Gasteiger partial charge in [-0.15, -0.1) is 0 Å². The number of piperidine rings is 1. The van der Waals surface area contributed by atoms with Gasteiger partial charge in [0.15, 0.2) is 5.82 Å². The smallest absolute Gasteiger partial charge is 0.228 e. The second kappa shape index (κ2) is 6.58. The molecule has 6 heteroatoms. The van der Waals surface area contributed by atoms with Crippen molar-refractivity contribution in [1.29, 1.82) is 0 Å². The SMILES string of the molecule is Cc1cc(-c2ccnn2C)nc([C@@H]2CCCCN2C(=O)C(C)(C)C)n1. The van der Waals surface area contributed by atoms with Gasteiger partial charge in [-0.25, -0.2) is 9.97 Å². The molecule has 1 fully saturated rings. The van der Waals surface area contributed by atoms with Crippen molar-refractivity contribution in [2.24, 2.45) is 12.5 Å². The third-order valence-electron chi connectivity index (χ3n) is 4.66. The summed E-state index contributed by atoms with van der Waals surface area (Å²) in [7, 11) is 1.91. The largest absolute Gasteiger partial charge is 0.332 e. The molecule has 1 atom stereocenters. The van der Waals surface area contributed by atoms with Crippen LogP contribution in [0.15, 0.2) is 18.3 Å². The van der Waals surface area contributed by atoms with Gasteiger partial charge in [0.1, 0.15) is 0 Å². The topological polar surface area (TPSA) is 63.9 Å². The molecule has 1 saturated heterocycles. The quantitative estimate of drug-likeness (QED) is 0.841. The number of amides is 1. The van der Waals surface area contributed by atoms with Crippen LogP contribution >= 0.6 is 0 Å². The molecule has 0 aromatic carbocycles. The molecule has 25 heavy (non-hydrogen) atoms.